The van der Waals surface area contributed by atoms with E-state index in [0.29, 0.717) is 29.8 Å². The second-order valence-electron chi connectivity index (χ2n) is 6.43. The van der Waals surface area contributed by atoms with Crippen molar-refractivity contribution in [3.05, 3.63) is 94.9 Å². The second-order valence-corrected chi connectivity index (χ2v) is 6.43. The lowest BCUT2D eigenvalue weighted by Gasteiger charge is -2.20. The van der Waals surface area contributed by atoms with E-state index in [1.165, 1.54) is 5.56 Å². The van der Waals surface area contributed by atoms with Crippen molar-refractivity contribution in [3.8, 4) is 0 Å². The Morgan fingerprint density at radius 3 is 2.19 bits per heavy atom. The predicted molar refractivity (Wildman–Crippen MR) is 98.3 cm³/mol. The van der Waals surface area contributed by atoms with E-state index in [0.717, 1.165) is 18.6 Å². The van der Waals surface area contributed by atoms with Crippen LogP contribution in [0.25, 0.3) is 0 Å². The Balaban J connectivity index is 1.47. The lowest BCUT2D eigenvalue weighted by atomic mass is 10.0. The van der Waals surface area contributed by atoms with Crippen LogP contribution in [0.5, 0.6) is 0 Å². The van der Waals surface area contributed by atoms with Crippen molar-refractivity contribution in [1.29, 1.82) is 0 Å². The molecule has 1 aliphatic rings. The molecule has 0 saturated carbocycles. The van der Waals surface area contributed by atoms with E-state index in [1.807, 2.05) is 29.2 Å². The molecule has 0 spiro atoms. The first-order valence-corrected chi connectivity index (χ1v) is 8.77. The fourth-order valence-electron chi connectivity index (χ4n) is 3.32. The normalized spacial score (nSPS) is 13.8. The third-order valence-corrected chi connectivity index (χ3v) is 4.81. The molecule has 0 radical (unpaired) electrons. The Morgan fingerprint density at radius 1 is 0.769 bits per heavy atom. The Morgan fingerprint density at radius 2 is 1.42 bits per heavy atom. The molecule has 0 saturated heterocycles. The molecule has 4 heteroatoms. The molecule has 0 unspecified atom stereocenters. The summed E-state index contributed by atoms with van der Waals surface area (Å²) in [5.74, 6) is 0.932. The topological polar surface area (TPSA) is 50.5 Å². The smallest absolute Gasteiger partial charge is 0.253 e. The van der Waals surface area contributed by atoms with Crippen LogP contribution in [0.3, 0.4) is 0 Å². The van der Waals surface area contributed by atoms with Gasteiger partial charge in [-0.15, -0.1) is 0 Å². The first-order valence-electron chi connectivity index (χ1n) is 8.77. The number of nitrogens with zero attached hydrogens (tertiary/aromatic N) is 1. The fourth-order valence-corrected chi connectivity index (χ4v) is 3.32. The van der Waals surface area contributed by atoms with E-state index in [1.54, 1.807) is 42.7 Å². The minimum atomic E-state index is -0.0380. The number of rotatable bonds is 3. The van der Waals surface area contributed by atoms with Gasteiger partial charge in [-0.05, 0) is 30.2 Å². The van der Waals surface area contributed by atoms with E-state index in [4.69, 9.17) is 4.42 Å². The van der Waals surface area contributed by atoms with E-state index >= 15 is 0 Å². The number of carbonyl (C=O) groups is 2. The van der Waals surface area contributed by atoms with Gasteiger partial charge in [0.15, 0.2) is 5.78 Å². The van der Waals surface area contributed by atoms with Crippen molar-refractivity contribution >= 4 is 11.7 Å². The van der Waals surface area contributed by atoms with Crippen LogP contribution in [0.1, 0.15) is 37.6 Å². The van der Waals surface area contributed by atoms with Gasteiger partial charge in [-0.25, -0.2) is 0 Å². The maximum atomic E-state index is 12.8. The van der Waals surface area contributed by atoms with Gasteiger partial charge >= 0.3 is 0 Å². The van der Waals surface area contributed by atoms with Gasteiger partial charge in [0.05, 0.1) is 6.26 Å². The number of fused-ring (bicyclic) bond motifs is 1. The summed E-state index contributed by atoms with van der Waals surface area (Å²) in [4.78, 5) is 27.1. The summed E-state index contributed by atoms with van der Waals surface area (Å²) in [6, 6.07) is 18.1. The second kappa shape index (κ2) is 7.00. The third kappa shape index (κ3) is 3.18. The van der Waals surface area contributed by atoms with Crippen molar-refractivity contribution < 1.29 is 14.0 Å². The molecule has 0 bridgehead atoms. The average molecular weight is 345 g/mol. The van der Waals surface area contributed by atoms with Crippen LogP contribution in [-0.2, 0) is 12.8 Å². The van der Waals surface area contributed by atoms with Gasteiger partial charge in [-0.1, -0.05) is 42.5 Å². The third-order valence-electron chi connectivity index (χ3n) is 4.81. The zero-order valence-electron chi connectivity index (χ0n) is 14.4. The maximum Gasteiger partial charge on any atom is 0.253 e. The fraction of sp³-hybridized carbons (Fsp3) is 0.182. The van der Waals surface area contributed by atoms with Crippen LogP contribution in [0.15, 0.2) is 71.3 Å². The SMILES string of the molecule is O=C(c1ccccc1)c1ccc(C(=O)N2CCc3ccoc3CC2)cc1. The molecule has 4 rings (SSSR count). The van der Waals surface area contributed by atoms with Crippen LogP contribution in [0.4, 0.5) is 0 Å². The number of amides is 1. The largest absolute Gasteiger partial charge is 0.469 e. The van der Waals surface area contributed by atoms with Crippen molar-refractivity contribution in [2.24, 2.45) is 0 Å². The Kier molecular flexibility index (Phi) is 4.40. The van der Waals surface area contributed by atoms with Gasteiger partial charge in [0.1, 0.15) is 5.76 Å². The molecule has 2 heterocycles. The van der Waals surface area contributed by atoms with Crippen LogP contribution >= 0.6 is 0 Å². The molecule has 130 valence electrons. The molecule has 3 aromatic rings. The number of hydrogen-bond acceptors (Lipinski definition) is 3. The Labute approximate surface area is 152 Å². The summed E-state index contributed by atoms with van der Waals surface area (Å²) < 4.78 is 5.48. The van der Waals surface area contributed by atoms with Crippen molar-refractivity contribution in [1.82, 2.24) is 4.90 Å². The van der Waals surface area contributed by atoms with E-state index in [2.05, 4.69) is 0 Å². The zero-order valence-corrected chi connectivity index (χ0v) is 14.4. The lowest BCUT2D eigenvalue weighted by Crippen LogP contribution is -2.33. The highest BCUT2D eigenvalue weighted by atomic mass is 16.3. The van der Waals surface area contributed by atoms with E-state index in [-0.39, 0.29) is 11.7 Å². The number of benzene rings is 2. The van der Waals surface area contributed by atoms with Crippen molar-refractivity contribution in [2.75, 3.05) is 13.1 Å². The molecular weight excluding hydrogens is 326 g/mol. The monoisotopic (exact) mass is 345 g/mol. The minimum Gasteiger partial charge on any atom is -0.469 e. The van der Waals surface area contributed by atoms with Crippen molar-refractivity contribution in [2.45, 2.75) is 12.8 Å². The van der Waals surface area contributed by atoms with Crippen molar-refractivity contribution in [3.63, 3.8) is 0 Å². The van der Waals surface area contributed by atoms with Crippen LogP contribution in [0, 0.1) is 0 Å². The summed E-state index contributed by atoms with van der Waals surface area (Å²) in [5, 5.41) is 0. The standard InChI is InChI=1S/C22H19NO3/c24-21(17-4-2-1-3-5-17)18-6-8-19(9-7-18)22(25)23-13-10-16-12-15-26-20(16)11-14-23/h1-9,12,15H,10-11,13-14H2. The van der Waals surface area contributed by atoms with Crippen LogP contribution in [-0.4, -0.2) is 29.7 Å². The summed E-state index contributed by atoms with van der Waals surface area (Å²) >= 11 is 0. The predicted octanol–water partition coefficient (Wildman–Crippen LogP) is 3.75. The number of carbonyl (C=O) groups excluding carboxylic acids is 2. The van der Waals surface area contributed by atoms with Gasteiger partial charge in [-0.3, -0.25) is 9.59 Å². The highest BCUT2D eigenvalue weighted by Gasteiger charge is 2.21. The Hall–Kier alpha value is -3.14. The zero-order chi connectivity index (χ0) is 17.9. The first kappa shape index (κ1) is 16.3. The molecule has 0 fully saturated rings. The highest BCUT2D eigenvalue weighted by molar-refractivity contribution is 6.09. The molecule has 0 aliphatic carbocycles. The molecule has 1 aromatic heterocycles. The molecular formula is C22H19NO3. The molecule has 1 aliphatic heterocycles. The quantitative estimate of drug-likeness (QED) is 0.679. The minimum absolute atomic E-state index is 0.00568. The maximum absolute atomic E-state index is 12.8. The number of furan rings is 1. The number of ketones is 1. The highest BCUT2D eigenvalue weighted by Crippen LogP contribution is 2.19. The molecule has 0 N–H and O–H groups in total. The lowest BCUT2D eigenvalue weighted by molar-refractivity contribution is 0.0761. The molecule has 26 heavy (non-hydrogen) atoms. The van der Waals surface area contributed by atoms with E-state index < -0.39 is 0 Å². The van der Waals surface area contributed by atoms with Gasteiger partial charge in [0, 0.05) is 36.2 Å². The Bertz CT molecular complexity index is 903. The van der Waals surface area contributed by atoms with Gasteiger partial charge < -0.3 is 9.32 Å². The first-order chi connectivity index (χ1) is 12.7. The molecule has 1 amide bonds. The van der Waals surface area contributed by atoms with Crippen LogP contribution < -0.4 is 0 Å². The van der Waals surface area contributed by atoms with Gasteiger partial charge in [-0.2, -0.15) is 0 Å². The summed E-state index contributed by atoms with van der Waals surface area (Å²) in [6.07, 6.45) is 3.26. The summed E-state index contributed by atoms with van der Waals surface area (Å²) in [5.41, 5.74) is 3.02. The molecule has 2 aromatic carbocycles. The summed E-state index contributed by atoms with van der Waals surface area (Å²) in [6.45, 7) is 1.32. The average Bonchev–Trinajstić information content (AvgIpc) is 3.06. The number of hydrogen-bond donors (Lipinski definition) is 0. The van der Waals surface area contributed by atoms with Crippen LogP contribution in [0.2, 0.25) is 0 Å². The van der Waals surface area contributed by atoms with Gasteiger partial charge in [0.2, 0.25) is 0 Å². The van der Waals surface area contributed by atoms with E-state index in [9.17, 15) is 9.59 Å². The van der Waals surface area contributed by atoms with Gasteiger partial charge in [0.25, 0.3) is 5.91 Å². The molecule has 4 nitrogen and oxygen atoms in total. The summed E-state index contributed by atoms with van der Waals surface area (Å²) in [7, 11) is 0. The molecule has 0 atom stereocenters.